The molecule has 0 amide bonds. The van der Waals surface area contributed by atoms with Gasteiger partial charge in [0.15, 0.2) is 0 Å². The largest absolute Gasteiger partial charge is 0.377 e. The molecule has 1 aliphatic rings. The fourth-order valence-corrected chi connectivity index (χ4v) is 2.43. The van der Waals surface area contributed by atoms with Crippen molar-refractivity contribution in [1.29, 1.82) is 0 Å². The monoisotopic (exact) mass is 256 g/mol. The number of anilines is 1. The molecule has 0 aromatic carbocycles. The molecule has 0 radical (unpaired) electrons. The molecular formula is C12H17ClN2O2. The van der Waals surface area contributed by atoms with E-state index in [1.54, 1.807) is 20.4 Å². The number of methoxy groups -OCH3 is 2. The summed E-state index contributed by atoms with van der Waals surface area (Å²) < 4.78 is 10.8. The summed E-state index contributed by atoms with van der Waals surface area (Å²) in [5.41, 5.74) is 2.16. The fourth-order valence-electron chi connectivity index (χ4n) is 2.21. The van der Waals surface area contributed by atoms with Crippen LogP contribution in [0, 0.1) is 0 Å². The van der Waals surface area contributed by atoms with Gasteiger partial charge in [0.1, 0.15) is 12.2 Å². The lowest BCUT2D eigenvalue weighted by Crippen LogP contribution is -2.27. The lowest BCUT2D eigenvalue weighted by Gasteiger charge is -2.20. The van der Waals surface area contributed by atoms with Gasteiger partial charge in [0, 0.05) is 39.4 Å². The van der Waals surface area contributed by atoms with Crippen molar-refractivity contribution in [2.75, 3.05) is 32.2 Å². The van der Waals surface area contributed by atoms with Gasteiger partial charge in [0.2, 0.25) is 0 Å². The van der Waals surface area contributed by atoms with Gasteiger partial charge >= 0.3 is 0 Å². The van der Waals surface area contributed by atoms with E-state index in [2.05, 4.69) is 9.88 Å². The molecule has 17 heavy (non-hydrogen) atoms. The molecule has 2 atom stereocenters. The van der Waals surface area contributed by atoms with Crippen LogP contribution in [0.3, 0.4) is 0 Å². The molecule has 94 valence electrons. The molecule has 0 bridgehead atoms. The van der Waals surface area contributed by atoms with Crippen LogP contribution >= 0.6 is 11.6 Å². The zero-order chi connectivity index (χ0) is 12.3. The van der Waals surface area contributed by atoms with Crippen molar-refractivity contribution in [1.82, 2.24) is 4.98 Å². The van der Waals surface area contributed by atoms with Gasteiger partial charge < -0.3 is 14.4 Å². The minimum absolute atomic E-state index is 0.100. The zero-order valence-corrected chi connectivity index (χ0v) is 10.9. The van der Waals surface area contributed by atoms with Crippen LogP contribution in [0.1, 0.15) is 5.56 Å². The number of pyridine rings is 1. The molecule has 4 nitrogen and oxygen atoms in total. The predicted molar refractivity (Wildman–Crippen MR) is 67.6 cm³/mol. The first-order valence-electron chi connectivity index (χ1n) is 5.59. The number of nitrogens with zero attached hydrogens (tertiary/aromatic N) is 2. The summed E-state index contributed by atoms with van der Waals surface area (Å²) in [5, 5.41) is 0. The van der Waals surface area contributed by atoms with E-state index in [0.29, 0.717) is 5.88 Å². The molecule has 2 rings (SSSR count). The number of aromatic nitrogens is 1. The maximum absolute atomic E-state index is 5.93. The molecule has 5 heteroatoms. The third-order valence-corrected chi connectivity index (χ3v) is 3.48. The van der Waals surface area contributed by atoms with Gasteiger partial charge in [-0.15, -0.1) is 11.6 Å². The van der Waals surface area contributed by atoms with Crippen LogP contribution in [0.25, 0.3) is 0 Å². The number of hydrogen-bond donors (Lipinski definition) is 0. The van der Waals surface area contributed by atoms with E-state index in [1.165, 1.54) is 0 Å². The fraction of sp³-hybridized carbons (Fsp3) is 0.583. The van der Waals surface area contributed by atoms with Crippen molar-refractivity contribution in [2.45, 2.75) is 18.1 Å². The van der Waals surface area contributed by atoms with Gasteiger partial charge in [-0.1, -0.05) is 0 Å². The van der Waals surface area contributed by atoms with Crippen LogP contribution < -0.4 is 4.90 Å². The SMILES string of the molecule is COC1CN(c2cnccc2CCl)CC1OC. The molecule has 1 aromatic heterocycles. The highest BCUT2D eigenvalue weighted by molar-refractivity contribution is 6.17. The van der Waals surface area contributed by atoms with Gasteiger partial charge in [0.05, 0.1) is 11.9 Å². The van der Waals surface area contributed by atoms with E-state index in [9.17, 15) is 0 Å². The molecule has 1 saturated heterocycles. The maximum atomic E-state index is 5.93. The Labute approximate surface area is 106 Å². The molecule has 0 saturated carbocycles. The topological polar surface area (TPSA) is 34.6 Å². The minimum atomic E-state index is 0.100. The molecule has 2 unspecified atom stereocenters. The van der Waals surface area contributed by atoms with Crippen LogP contribution in [0.4, 0.5) is 5.69 Å². The minimum Gasteiger partial charge on any atom is -0.377 e. The van der Waals surface area contributed by atoms with Gasteiger partial charge in [-0.25, -0.2) is 0 Å². The Hall–Kier alpha value is -0.840. The molecule has 1 aliphatic heterocycles. The predicted octanol–water partition coefficient (Wildman–Crippen LogP) is 1.67. The smallest absolute Gasteiger partial charge is 0.102 e. The first-order valence-corrected chi connectivity index (χ1v) is 6.13. The number of halogens is 1. The average molecular weight is 257 g/mol. The van der Waals surface area contributed by atoms with Gasteiger partial charge in [-0.3, -0.25) is 4.98 Å². The molecule has 1 aromatic rings. The lowest BCUT2D eigenvalue weighted by molar-refractivity contribution is -0.00461. The van der Waals surface area contributed by atoms with Crippen molar-refractivity contribution >= 4 is 17.3 Å². The third-order valence-electron chi connectivity index (χ3n) is 3.19. The summed E-state index contributed by atoms with van der Waals surface area (Å²) in [5.74, 6) is 0.490. The third kappa shape index (κ3) is 2.54. The van der Waals surface area contributed by atoms with E-state index >= 15 is 0 Å². The van der Waals surface area contributed by atoms with Crippen molar-refractivity contribution in [3.63, 3.8) is 0 Å². The highest BCUT2D eigenvalue weighted by Crippen LogP contribution is 2.26. The Bertz CT molecular complexity index is 363. The quantitative estimate of drug-likeness (QED) is 0.768. The highest BCUT2D eigenvalue weighted by Gasteiger charge is 2.33. The molecule has 0 spiro atoms. The Morgan fingerprint density at radius 2 is 2.00 bits per heavy atom. The summed E-state index contributed by atoms with van der Waals surface area (Å²) in [6, 6.07) is 1.95. The molecule has 0 N–H and O–H groups in total. The number of rotatable bonds is 4. The highest BCUT2D eigenvalue weighted by atomic mass is 35.5. The Kier molecular flexibility index (Phi) is 4.20. The van der Waals surface area contributed by atoms with E-state index < -0.39 is 0 Å². The van der Waals surface area contributed by atoms with Crippen molar-refractivity contribution in [2.24, 2.45) is 0 Å². The van der Waals surface area contributed by atoms with E-state index in [0.717, 1.165) is 24.3 Å². The Balaban J connectivity index is 2.18. The molecule has 0 aliphatic carbocycles. The van der Waals surface area contributed by atoms with Crippen LogP contribution in [0.2, 0.25) is 0 Å². The first kappa shape index (κ1) is 12.6. The number of ether oxygens (including phenoxy) is 2. The molecule has 1 fully saturated rings. The van der Waals surface area contributed by atoms with Crippen LogP contribution in [-0.4, -0.2) is 44.5 Å². The van der Waals surface area contributed by atoms with Gasteiger partial charge in [0.25, 0.3) is 0 Å². The summed E-state index contributed by atoms with van der Waals surface area (Å²) in [7, 11) is 3.43. The van der Waals surface area contributed by atoms with E-state index in [4.69, 9.17) is 21.1 Å². The van der Waals surface area contributed by atoms with Crippen molar-refractivity contribution in [3.05, 3.63) is 24.0 Å². The Morgan fingerprint density at radius 1 is 1.35 bits per heavy atom. The first-order chi connectivity index (χ1) is 8.30. The van der Waals surface area contributed by atoms with Crippen molar-refractivity contribution in [3.8, 4) is 0 Å². The summed E-state index contributed by atoms with van der Waals surface area (Å²) in [6.45, 7) is 1.62. The van der Waals surface area contributed by atoms with E-state index in [1.807, 2.05) is 12.3 Å². The molecular weight excluding hydrogens is 240 g/mol. The van der Waals surface area contributed by atoms with Crippen LogP contribution in [-0.2, 0) is 15.4 Å². The van der Waals surface area contributed by atoms with Crippen LogP contribution in [0.15, 0.2) is 18.5 Å². The van der Waals surface area contributed by atoms with Crippen LogP contribution in [0.5, 0.6) is 0 Å². The second kappa shape index (κ2) is 5.67. The summed E-state index contributed by atoms with van der Waals surface area (Å²) in [6.07, 6.45) is 3.81. The zero-order valence-electron chi connectivity index (χ0n) is 10.1. The standard InChI is InChI=1S/C12H17ClN2O2/c1-16-11-7-15(8-12(11)17-2)10-6-14-4-3-9(10)5-13/h3-4,6,11-12H,5,7-8H2,1-2H3. The lowest BCUT2D eigenvalue weighted by atomic mass is 10.2. The van der Waals surface area contributed by atoms with Gasteiger partial charge in [-0.05, 0) is 11.6 Å². The Morgan fingerprint density at radius 3 is 2.53 bits per heavy atom. The maximum Gasteiger partial charge on any atom is 0.102 e. The number of alkyl halides is 1. The normalized spacial score (nSPS) is 24.3. The second-order valence-corrected chi connectivity index (χ2v) is 4.36. The van der Waals surface area contributed by atoms with Crippen molar-refractivity contribution < 1.29 is 9.47 Å². The van der Waals surface area contributed by atoms with Gasteiger partial charge in [-0.2, -0.15) is 0 Å². The average Bonchev–Trinajstić information content (AvgIpc) is 2.81. The summed E-state index contributed by atoms with van der Waals surface area (Å²) >= 11 is 5.93. The second-order valence-electron chi connectivity index (χ2n) is 4.09. The number of hydrogen-bond acceptors (Lipinski definition) is 4. The van der Waals surface area contributed by atoms with E-state index in [-0.39, 0.29) is 12.2 Å². The summed E-state index contributed by atoms with van der Waals surface area (Å²) in [4.78, 5) is 6.37. The molecule has 2 heterocycles.